The van der Waals surface area contributed by atoms with Crippen LogP contribution in [0.25, 0.3) is 0 Å². The number of hydrogen-bond acceptors (Lipinski definition) is 4. The van der Waals surface area contributed by atoms with E-state index in [2.05, 4.69) is 15.5 Å². The van der Waals surface area contributed by atoms with Crippen molar-refractivity contribution >= 4 is 15.9 Å². The van der Waals surface area contributed by atoms with Gasteiger partial charge >= 0.3 is 0 Å². The molecular formula is C25H28F2N4O3S. The lowest BCUT2D eigenvalue weighted by atomic mass is 10.0. The van der Waals surface area contributed by atoms with Crippen LogP contribution in [-0.2, 0) is 16.6 Å². The highest BCUT2D eigenvalue weighted by molar-refractivity contribution is 7.89. The third-order valence-corrected chi connectivity index (χ3v) is 8.81. The molecule has 1 aromatic heterocycles. The molecule has 186 valence electrons. The second kappa shape index (κ2) is 9.87. The lowest BCUT2D eigenvalue weighted by Crippen LogP contribution is -2.44. The molecule has 2 N–H and O–H groups in total. The van der Waals surface area contributed by atoms with Crippen molar-refractivity contribution in [1.29, 1.82) is 0 Å². The SMILES string of the molecule is Cc1cc(C(=O)NC(C)c2cc(F)c(CN3[C@H](C)CC[C@@H](c4ccccc4)S3(=O)=O)cc2F)n[nH]1. The summed E-state index contributed by atoms with van der Waals surface area (Å²) >= 11 is 0. The van der Waals surface area contributed by atoms with Gasteiger partial charge < -0.3 is 5.32 Å². The topological polar surface area (TPSA) is 95.2 Å². The van der Waals surface area contributed by atoms with Crippen LogP contribution in [0.3, 0.4) is 0 Å². The van der Waals surface area contributed by atoms with Crippen LogP contribution in [0.1, 0.15) is 70.9 Å². The zero-order valence-electron chi connectivity index (χ0n) is 19.8. The largest absolute Gasteiger partial charge is 0.344 e. The van der Waals surface area contributed by atoms with E-state index in [1.165, 1.54) is 11.2 Å². The van der Waals surface area contributed by atoms with Crippen LogP contribution in [-0.4, -0.2) is 34.9 Å². The number of rotatable bonds is 6. The third kappa shape index (κ3) is 5.13. The van der Waals surface area contributed by atoms with Crippen molar-refractivity contribution in [2.45, 2.75) is 57.5 Å². The molecule has 0 spiro atoms. The first-order chi connectivity index (χ1) is 16.6. The van der Waals surface area contributed by atoms with Crippen LogP contribution in [0.4, 0.5) is 8.78 Å². The summed E-state index contributed by atoms with van der Waals surface area (Å²) < 4.78 is 58.2. The molecule has 1 aliphatic heterocycles. The monoisotopic (exact) mass is 502 g/mol. The fraction of sp³-hybridized carbons (Fsp3) is 0.360. The Kier molecular flexibility index (Phi) is 7.05. The molecular weight excluding hydrogens is 474 g/mol. The molecule has 4 rings (SSSR count). The zero-order chi connectivity index (χ0) is 25.3. The number of sulfonamides is 1. The number of benzene rings is 2. The van der Waals surface area contributed by atoms with Crippen molar-refractivity contribution in [1.82, 2.24) is 19.8 Å². The van der Waals surface area contributed by atoms with Crippen molar-refractivity contribution in [2.24, 2.45) is 0 Å². The highest BCUT2D eigenvalue weighted by Gasteiger charge is 2.40. The van der Waals surface area contributed by atoms with Gasteiger partial charge in [-0.1, -0.05) is 30.3 Å². The molecule has 0 bridgehead atoms. The number of amides is 1. The highest BCUT2D eigenvalue weighted by Crippen LogP contribution is 2.38. The van der Waals surface area contributed by atoms with Gasteiger partial charge in [0, 0.05) is 29.4 Å². The lowest BCUT2D eigenvalue weighted by molar-refractivity contribution is 0.0934. The molecule has 0 aliphatic carbocycles. The predicted octanol–water partition coefficient (Wildman–Crippen LogP) is 4.54. The molecule has 35 heavy (non-hydrogen) atoms. The van der Waals surface area contributed by atoms with Crippen LogP contribution in [0.5, 0.6) is 0 Å². The number of carbonyl (C=O) groups is 1. The molecule has 7 nitrogen and oxygen atoms in total. The van der Waals surface area contributed by atoms with Gasteiger partial charge in [0.05, 0.1) is 6.04 Å². The van der Waals surface area contributed by atoms with Crippen molar-refractivity contribution in [3.8, 4) is 0 Å². The number of aromatic nitrogens is 2. The van der Waals surface area contributed by atoms with E-state index >= 15 is 8.78 Å². The summed E-state index contributed by atoms with van der Waals surface area (Å²) in [5, 5.41) is 8.39. The second-order valence-electron chi connectivity index (χ2n) is 9.01. The van der Waals surface area contributed by atoms with E-state index < -0.39 is 38.9 Å². The summed E-state index contributed by atoms with van der Waals surface area (Å²) in [5.74, 6) is -1.98. The molecule has 3 aromatic rings. The Morgan fingerprint density at radius 2 is 1.89 bits per heavy atom. The minimum absolute atomic E-state index is 0.0384. The fourth-order valence-electron chi connectivity index (χ4n) is 4.46. The van der Waals surface area contributed by atoms with Crippen LogP contribution in [0, 0.1) is 18.6 Å². The Hall–Kier alpha value is -3.11. The van der Waals surface area contributed by atoms with Crippen LogP contribution in [0.15, 0.2) is 48.5 Å². The van der Waals surface area contributed by atoms with E-state index in [1.807, 2.05) is 6.07 Å². The van der Waals surface area contributed by atoms with Gasteiger partial charge in [-0.15, -0.1) is 0 Å². The zero-order valence-corrected chi connectivity index (χ0v) is 20.6. The minimum atomic E-state index is -3.79. The third-order valence-electron chi connectivity index (χ3n) is 6.44. The quantitative estimate of drug-likeness (QED) is 0.517. The number of carbonyl (C=O) groups excluding carboxylic acids is 1. The van der Waals surface area contributed by atoms with Gasteiger partial charge in [-0.2, -0.15) is 9.40 Å². The van der Waals surface area contributed by atoms with Crippen molar-refractivity contribution in [2.75, 3.05) is 0 Å². The lowest BCUT2D eigenvalue weighted by Gasteiger charge is -2.37. The van der Waals surface area contributed by atoms with Crippen molar-refractivity contribution < 1.29 is 22.0 Å². The molecule has 1 fully saturated rings. The van der Waals surface area contributed by atoms with E-state index in [-0.39, 0.29) is 29.4 Å². The average molecular weight is 503 g/mol. The first-order valence-corrected chi connectivity index (χ1v) is 12.9. The van der Waals surface area contributed by atoms with E-state index in [1.54, 1.807) is 44.2 Å². The van der Waals surface area contributed by atoms with Gasteiger partial charge in [0.2, 0.25) is 10.0 Å². The van der Waals surface area contributed by atoms with Gasteiger partial charge in [-0.25, -0.2) is 17.2 Å². The predicted molar refractivity (Wildman–Crippen MR) is 128 cm³/mol. The minimum Gasteiger partial charge on any atom is -0.344 e. The molecule has 1 unspecified atom stereocenters. The molecule has 1 aliphatic rings. The Bertz CT molecular complexity index is 1330. The van der Waals surface area contributed by atoms with Gasteiger partial charge in [-0.3, -0.25) is 9.89 Å². The molecule has 1 saturated heterocycles. The summed E-state index contributed by atoms with van der Waals surface area (Å²) in [6, 6.07) is 11.3. The summed E-state index contributed by atoms with van der Waals surface area (Å²) in [6.07, 6.45) is 1.07. The first-order valence-electron chi connectivity index (χ1n) is 11.4. The Balaban J connectivity index is 1.55. The van der Waals surface area contributed by atoms with Crippen LogP contribution < -0.4 is 5.32 Å². The number of hydrogen-bond donors (Lipinski definition) is 2. The fourth-order valence-corrected chi connectivity index (χ4v) is 6.65. The maximum absolute atomic E-state index is 15.1. The first kappa shape index (κ1) is 25.0. The number of H-pyrrole nitrogens is 1. The smallest absolute Gasteiger partial charge is 0.272 e. The summed E-state index contributed by atoms with van der Waals surface area (Å²) in [4.78, 5) is 12.3. The van der Waals surface area contributed by atoms with Gasteiger partial charge in [0.15, 0.2) is 0 Å². The summed E-state index contributed by atoms with van der Waals surface area (Å²) in [6.45, 7) is 4.78. The molecule has 10 heteroatoms. The standard InChI is InChI=1S/C25H28F2N4O3S/c1-15-11-23(30-29-15)25(32)28-17(3)20-13-21(26)19(12-22(20)27)14-31-16(2)9-10-24(35(31,33)34)18-7-5-4-6-8-18/h4-8,11-13,16-17,24H,9-10,14H2,1-3H3,(H,28,32)(H,29,30)/t16-,17?,24+/m1/s1. The molecule has 0 saturated carbocycles. The molecule has 2 aromatic carbocycles. The van der Waals surface area contributed by atoms with E-state index in [0.29, 0.717) is 24.1 Å². The average Bonchev–Trinajstić information content (AvgIpc) is 3.25. The second-order valence-corrected chi connectivity index (χ2v) is 11.1. The Morgan fingerprint density at radius 1 is 1.17 bits per heavy atom. The number of halogens is 2. The highest BCUT2D eigenvalue weighted by atomic mass is 32.2. The van der Waals surface area contributed by atoms with Crippen molar-refractivity contribution in [3.05, 3.63) is 88.2 Å². The summed E-state index contributed by atoms with van der Waals surface area (Å²) in [7, 11) is -3.79. The Labute approximate surface area is 203 Å². The number of nitrogens with one attached hydrogen (secondary N) is 2. The maximum atomic E-state index is 15.1. The Morgan fingerprint density at radius 3 is 2.54 bits per heavy atom. The normalized spacial score (nSPS) is 20.9. The van der Waals surface area contributed by atoms with Crippen LogP contribution in [0.2, 0.25) is 0 Å². The van der Waals surface area contributed by atoms with E-state index in [9.17, 15) is 13.2 Å². The number of aromatic amines is 1. The van der Waals surface area contributed by atoms with Crippen molar-refractivity contribution in [3.63, 3.8) is 0 Å². The molecule has 2 heterocycles. The molecule has 3 atom stereocenters. The number of aryl methyl sites for hydroxylation is 1. The van der Waals surface area contributed by atoms with E-state index in [0.717, 1.165) is 12.1 Å². The van der Waals surface area contributed by atoms with Gasteiger partial charge in [0.25, 0.3) is 5.91 Å². The van der Waals surface area contributed by atoms with E-state index in [4.69, 9.17) is 0 Å². The molecule has 1 amide bonds. The summed E-state index contributed by atoms with van der Waals surface area (Å²) in [5.41, 5.74) is 1.42. The van der Waals surface area contributed by atoms with Crippen LogP contribution >= 0.6 is 0 Å². The van der Waals surface area contributed by atoms with Gasteiger partial charge in [-0.05, 0) is 57.4 Å². The van der Waals surface area contributed by atoms with Gasteiger partial charge in [0.1, 0.15) is 22.6 Å². The maximum Gasteiger partial charge on any atom is 0.272 e. The molecule has 0 radical (unpaired) electrons. The number of nitrogens with zero attached hydrogens (tertiary/aromatic N) is 2.